The summed E-state index contributed by atoms with van der Waals surface area (Å²) in [7, 11) is 0. The minimum absolute atomic E-state index is 0.139. The summed E-state index contributed by atoms with van der Waals surface area (Å²) in [4.78, 5) is 2.40. The second kappa shape index (κ2) is 13.9. The number of hydrogen-bond donors (Lipinski definition) is 0. The van der Waals surface area contributed by atoms with Gasteiger partial charge in [0.2, 0.25) is 0 Å². The molecule has 10 aromatic carbocycles. The van der Waals surface area contributed by atoms with Crippen LogP contribution in [0, 0.1) is 0 Å². The minimum Gasteiger partial charge on any atom is -0.455 e. The zero-order chi connectivity index (χ0) is 42.5. The zero-order valence-corrected chi connectivity index (χ0v) is 35.5. The quantitative estimate of drug-likeness (QED) is 0.167. The smallest absolute Gasteiger partial charge is 0.143 e. The van der Waals surface area contributed by atoms with Crippen LogP contribution in [0.5, 0.6) is 0 Å². The van der Waals surface area contributed by atoms with Crippen molar-refractivity contribution in [3.63, 3.8) is 0 Å². The first-order valence-electron chi connectivity index (χ1n) is 22.1. The molecule has 0 saturated carbocycles. The molecule has 0 amide bonds. The van der Waals surface area contributed by atoms with E-state index in [0.29, 0.717) is 0 Å². The Labute approximate surface area is 371 Å². The van der Waals surface area contributed by atoms with Crippen LogP contribution in [-0.4, -0.2) is 0 Å². The van der Waals surface area contributed by atoms with Gasteiger partial charge in [-0.2, -0.15) is 0 Å². The van der Waals surface area contributed by atoms with Crippen LogP contribution in [0.1, 0.15) is 25.0 Å². The molecule has 0 radical (unpaired) electrons. The standard InChI is InChI=1S/C61H41NO2/c1-61(2)53-24-12-11-20-45(53)46-34-32-43(36-54(46)61)62(42-17-7-4-8-18-42)55-25-14-26-56-58(55)52-37-51(44-19-9-10-21-48(44)60(52)63-56)50-23-13-22-49-47-33-31-41(35-57(47)64-59(49)50)40-29-27-39(28-30-40)38-15-5-3-6-16-38/h3-37H,1-2H3. The van der Waals surface area contributed by atoms with Crippen molar-refractivity contribution in [1.29, 1.82) is 0 Å². The van der Waals surface area contributed by atoms with Gasteiger partial charge in [0.25, 0.3) is 0 Å². The second-order valence-electron chi connectivity index (χ2n) is 17.6. The summed E-state index contributed by atoms with van der Waals surface area (Å²) in [5.74, 6) is 0. The van der Waals surface area contributed by atoms with Gasteiger partial charge in [-0.25, -0.2) is 0 Å². The number of furan rings is 2. The average molecular weight is 820 g/mol. The molecule has 0 spiro atoms. The Morgan fingerprint density at radius 2 is 0.953 bits per heavy atom. The molecular weight excluding hydrogens is 779 g/mol. The van der Waals surface area contributed by atoms with Gasteiger partial charge in [0, 0.05) is 43.9 Å². The van der Waals surface area contributed by atoms with Crippen molar-refractivity contribution in [2.24, 2.45) is 0 Å². The van der Waals surface area contributed by atoms with Gasteiger partial charge in [-0.1, -0.05) is 172 Å². The third-order valence-corrected chi connectivity index (χ3v) is 13.7. The van der Waals surface area contributed by atoms with Crippen LogP contribution in [0.15, 0.2) is 221 Å². The molecule has 0 saturated heterocycles. The summed E-state index contributed by atoms with van der Waals surface area (Å²) >= 11 is 0. The van der Waals surface area contributed by atoms with E-state index in [0.717, 1.165) is 94.0 Å². The summed E-state index contributed by atoms with van der Waals surface area (Å²) in [6, 6.07) is 76.4. The topological polar surface area (TPSA) is 29.5 Å². The molecule has 64 heavy (non-hydrogen) atoms. The summed E-state index contributed by atoms with van der Waals surface area (Å²) in [5, 5.41) is 6.50. The molecule has 302 valence electrons. The van der Waals surface area contributed by atoms with Crippen molar-refractivity contribution in [3.05, 3.63) is 223 Å². The molecule has 0 N–H and O–H groups in total. The molecule has 2 aromatic heterocycles. The Hall–Kier alpha value is -8.14. The van der Waals surface area contributed by atoms with Crippen LogP contribution in [0.3, 0.4) is 0 Å². The lowest BCUT2D eigenvalue weighted by Crippen LogP contribution is -2.16. The van der Waals surface area contributed by atoms with Crippen LogP contribution >= 0.6 is 0 Å². The number of rotatable bonds is 6. The average Bonchev–Trinajstić information content (AvgIpc) is 4.00. The molecule has 1 aliphatic rings. The van der Waals surface area contributed by atoms with E-state index in [1.54, 1.807) is 0 Å². The van der Waals surface area contributed by atoms with Crippen molar-refractivity contribution >= 4 is 71.7 Å². The van der Waals surface area contributed by atoms with Crippen molar-refractivity contribution in [3.8, 4) is 44.5 Å². The van der Waals surface area contributed by atoms with Crippen molar-refractivity contribution in [1.82, 2.24) is 0 Å². The van der Waals surface area contributed by atoms with Gasteiger partial charge in [0.15, 0.2) is 0 Å². The van der Waals surface area contributed by atoms with Gasteiger partial charge in [-0.15, -0.1) is 0 Å². The summed E-state index contributed by atoms with van der Waals surface area (Å²) in [5.41, 5.74) is 18.7. The first-order valence-corrected chi connectivity index (χ1v) is 22.1. The maximum absolute atomic E-state index is 6.95. The maximum Gasteiger partial charge on any atom is 0.143 e. The SMILES string of the molecule is CC1(C)c2ccccc2-c2ccc(N(c3ccccc3)c3cccc4oc5c6ccccc6c(-c6cccc7c6oc6cc(-c8ccc(-c9ccccc9)cc8)ccc67)cc5c34)cc21. The monoisotopic (exact) mass is 819 g/mol. The van der Waals surface area contributed by atoms with Crippen molar-refractivity contribution in [2.75, 3.05) is 4.90 Å². The van der Waals surface area contributed by atoms with E-state index in [9.17, 15) is 0 Å². The molecule has 2 heterocycles. The second-order valence-corrected chi connectivity index (χ2v) is 17.6. The van der Waals surface area contributed by atoms with E-state index in [1.807, 2.05) is 0 Å². The van der Waals surface area contributed by atoms with E-state index in [4.69, 9.17) is 8.83 Å². The molecule has 1 aliphatic carbocycles. The zero-order valence-electron chi connectivity index (χ0n) is 35.5. The predicted octanol–water partition coefficient (Wildman–Crippen LogP) is 17.4. The number of hydrogen-bond acceptors (Lipinski definition) is 3. The third kappa shape index (κ3) is 5.47. The predicted molar refractivity (Wildman–Crippen MR) is 267 cm³/mol. The van der Waals surface area contributed by atoms with Gasteiger partial charge in [0.05, 0.1) is 11.1 Å². The van der Waals surface area contributed by atoms with Crippen molar-refractivity contribution in [2.45, 2.75) is 19.3 Å². The molecule has 0 aliphatic heterocycles. The normalized spacial score (nSPS) is 13.0. The highest BCUT2D eigenvalue weighted by Crippen LogP contribution is 2.52. The fraction of sp³-hybridized carbons (Fsp3) is 0.0492. The van der Waals surface area contributed by atoms with Crippen LogP contribution in [0.4, 0.5) is 17.1 Å². The van der Waals surface area contributed by atoms with E-state index >= 15 is 0 Å². The lowest BCUT2D eigenvalue weighted by atomic mass is 9.82. The number of nitrogens with zero attached hydrogens (tertiary/aromatic N) is 1. The Morgan fingerprint density at radius 1 is 0.344 bits per heavy atom. The fourth-order valence-electron chi connectivity index (χ4n) is 10.6. The van der Waals surface area contributed by atoms with Gasteiger partial charge in [0.1, 0.15) is 22.3 Å². The summed E-state index contributed by atoms with van der Waals surface area (Å²) < 4.78 is 13.9. The molecule has 0 fully saturated rings. The minimum atomic E-state index is -0.139. The molecular formula is C61H41NO2. The van der Waals surface area contributed by atoms with Crippen molar-refractivity contribution < 1.29 is 8.83 Å². The van der Waals surface area contributed by atoms with Crippen LogP contribution in [-0.2, 0) is 5.41 Å². The number of benzene rings is 10. The van der Waals surface area contributed by atoms with Crippen LogP contribution in [0.2, 0.25) is 0 Å². The summed E-state index contributed by atoms with van der Waals surface area (Å²) in [6.07, 6.45) is 0. The largest absolute Gasteiger partial charge is 0.455 e. The Balaban J connectivity index is 0.993. The summed E-state index contributed by atoms with van der Waals surface area (Å²) in [6.45, 7) is 4.69. The van der Waals surface area contributed by atoms with Gasteiger partial charge < -0.3 is 13.7 Å². The van der Waals surface area contributed by atoms with Crippen LogP contribution < -0.4 is 4.90 Å². The lowest BCUT2D eigenvalue weighted by Gasteiger charge is -2.28. The Morgan fingerprint density at radius 3 is 1.78 bits per heavy atom. The number of fused-ring (bicyclic) bond motifs is 11. The van der Waals surface area contributed by atoms with Gasteiger partial charge in [-0.3, -0.25) is 0 Å². The van der Waals surface area contributed by atoms with E-state index in [-0.39, 0.29) is 5.41 Å². The number of para-hydroxylation sites is 2. The molecule has 3 heteroatoms. The van der Waals surface area contributed by atoms with Gasteiger partial charge >= 0.3 is 0 Å². The lowest BCUT2D eigenvalue weighted by molar-refractivity contribution is 0.660. The van der Waals surface area contributed by atoms with E-state index in [2.05, 4.69) is 231 Å². The third-order valence-electron chi connectivity index (χ3n) is 13.7. The molecule has 0 unspecified atom stereocenters. The first-order chi connectivity index (χ1) is 31.5. The fourth-order valence-corrected chi connectivity index (χ4v) is 10.6. The highest BCUT2D eigenvalue weighted by molar-refractivity contribution is 6.24. The van der Waals surface area contributed by atoms with E-state index < -0.39 is 0 Å². The molecule has 0 atom stereocenters. The highest BCUT2D eigenvalue weighted by atomic mass is 16.3. The maximum atomic E-state index is 6.95. The molecule has 3 nitrogen and oxygen atoms in total. The first kappa shape index (κ1) is 36.5. The molecule has 13 rings (SSSR count). The molecule has 0 bridgehead atoms. The Bertz CT molecular complexity index is 3800. The molecule has 12 aromatic rings. The highest BCUT2D eigenvalue weighted by Gasteiger charge is 2.36. The number of anilines is 3. The van der Waals surface area contributed by atoms with E-state index in [1.165, 1.54) is 33.4 Å². The van der Waals surface area contributed by atoms with Gasteiger partial charge in [-0.05, 0) is 110 Å². The van der Waals surface area contributed by atoms with Crippen LogP contribution in [0.25, 0.3) is 99.2 Å². The Kier molecular flexibility index (Phi) is 7.95.